The number of aromatic hydroxyl groups is 1. The highest BCUT2D eigenvalue weighted by molar-refractivity contribution is 5.76. The number of phenols is 1. The first kappa shape index (κ1) is 31.2. The molecule has 0 amide bonds. The van der Waals surface area contributed by atoms with Crippen LogP contribution in [0.1, 0.15) is 121 Å². The van der Waals surface area contributed by atoms with Gasteiger partial charge in [0.15, 0.2) is 0 Å². The quantitative estimate of drug-likeness (QED) is 0.177. The molecule has 3 atom stereocenters. The van der Waals surface area contributed by atoms with Crippen molar-refractivity contribution in [2.75, 3.05) is 6.61 Å². The number of esters is 1. The van der Waals surface area contributed by atoms with Gasteiger partial charge in [0.25, 0.3) is 0 Å². The van der Waals surface area contributed by atoms with Gasteiger partial charge in [-0.1, -0.05) is 85.3 Å². The predicted octanol–water partition coefficient (Wildman–Crippen LogP) is 8.80. The number of benzene rings is 1. The normalized spacial score (nSPS) is 18.7. The number of hydrogen-bond acceptors (Lipinski definition) is 4. The Hall–Kier alpha value is -1.97. The van der Waals surface area contributed by atoms with Crippen LogP contribution >= 0.6 is 0 Å². The van der Waals surface area contributed by atoms with Crippen LogP contribution in [-0.2, 0) is 22.4 Å². The summed E-state index contributed by atoms with van der Waals surface area (Å²) in [7, 11) is 0. The molecular weight excluding hydrogens is 460 g/mol. The van der Waals surface area contributed by atoms with Crippen LogP contribution in [0.2, 0.25) is 0 Å². The second kappa shape index (κ2) is 14.8. The Labute approximate surface area is 227 Å². The molecule has 37 heavy (non-hydrogen) atoms. The second-order valence-electron chi connectivity index (χ2n) is 12.4. The van der Waals surface area contributed by atoms with E-state index in [1.807, 2.05) is 13.8 Å². The van der Waals surface area contributed by atoms with Gasteiger partial charge in [-0.15, -0.1) is 0 Å². The Kier molecular flexibility index (Phi) is 12.5. The maximum absolute atomic E-state index is 12.3. The van der Waals surface area contributed by atoms with E-state index in [4.69, 9.17) is 9.47 Å². The highest BCUT2D eigenvalue weighted by Gasteiger charge is 2.35. The van der Waals surface area contributed by atoms with Crippen molar-refractivity contribution < 1.29 is 19.4 Å². The summed E-state index contributed by atoms with van der Waals surface area (Å²) < 4.78 is 11.8. The van der Waals surface area contributed by atoms with E-state index in [0.29, 0.717) is 5.56 Å². The van der Waals surface area contributed by atoms with Gasteiger partial charge in [0.1, 0.15) is 23.7 Å². The monoisotopic (exact) mass is 514 g/mol. The van der Waals surface area contributed by atoms with Gasteiger partial charge in [0.2, 0.25) is 0 Å². The van der Waals surface area contributed by atoms with E-state index in [1.54, 1.807) is 6.08 Å². The average molecular weight is 515 g/mol. The zero-order valence-electron chi connectivity index (χ0n) is 24.9. The lowest BCUT2D eigenvalue weighted by Crippen LogP contribution is -2.37. The summed E-state index contributed by atoms with van der Waals surface area (Å²) in [5.41, 5.74) is 3.15. The molecule has 0 radical (unpaired) electrons. The first-order chi connectivity index (χ1) is 17.5. The van der Waals surface area contributed by atoms with Gasteiger partial charge in [-0.25, -0.2) is 0 Å². The minimum atomic E-state index is -0.354. The third-order valence-corrected chi connectivity index (χ3v) is 8.39. The number of fused-ring (bicyclic) bond motifs is 1. The van der Waals surface area contributed by atoms with E-state index in [2.05, 4.69) is 41.2 Å². The number of rotatable bonds is 16. The van der Waals surface area contributed by atoms with Crippen molar-refractivity contribution in [3.05, 3.63) is 34.9 Å². The maximum Gasteiger partial charge on any atom is 0.310 e. The van der Waals surface area contributed by atoms with Crippen molar-refractivity contribution in [3.63, 3.8) is 0 Å². The van der Waals surface area contributed by atoms with E-state index in [9.17, 15) is 9.90 Å². The van der Waals surface area contributed by atoms with Crippen LogP contribution in [0.5, 0.6) is 11.5 Å². The third kappa shape index (κ3) is 9.69. The Morgan fingerprint density at radius 3 is 2.22 bits per heavy atom. The van der Waals surface area contributed by atoms with Gasteiger partial charge in [-0.3, -0.25) is 4.79 Å². The van der Waals surface area contributed by atoms with Crippen molar-refractivity contribution in [1.82, 2.24) is 0 Å². The van der Waals surface area contributed by atoms with Crippen molar-refractivity contribution in [3.8, 4) is 11.5 Å². The van der Waals surface area contributed by atoms with Crippen molar-refractivity contribution in [2.45, 2.75) is 131 Å². The van der Waals surface area contributed by atoms with Crippen LogP contribution in [0.15, 0.2) is 12.7 Å². The summed E-state index contributed by atoms with van der Waals surface area (Å²) in [4.78, 5) is 12.3. The van der Waals surface area contributed by atoms with E-state index in [0.717, 1.165) is 65.9 Å². The molecule has 1 aliphatic rings. The Morgan fingerprint density at radius 1 is 1.03 bits per heavy atom. The molecule has 0 aliphatic carbocycles. The summed E-state index contributed by atoms with van der Waals surface area (Å²) >= 11 is 0. The van der Waals surface area contributed by atoms with Gasteiger partial charge in [-0.05, 0) is 75.3 Å². The van der Waals surface area contributed by atoms with Gasteiger partial charge in [0, 0.05) is 11.1 Å². The van der Waals surface area contributed by atoms with Gasteiger partial charge in [0.05, 0.1) is 6.42 Å². The molecule has 4 nitrogen and oxygen atoms in total. The van der Waals surface area contributed by atoms with Crippen molar-refractivity contribution >= 4 is 5.97 Å². The molecule has 0 fully saturated rings. The molecule has 210 valence electrons. The number of hydrogen-bond donors (Lipinski definition) is 1. The SMILES string of the molecule is C=CCOC(=O)Cc1c(O)c(C)c(C)c2c1CC[C@@](C)(CCC[C@H](C)CCC[C@H](C)CCCC(C)C)O2. The molecule has 0 saturated heterocycles. The lowest BCUT2D eigenvalue weighted by Gasteiger charge is -2.38. The first-order valence-corrected chi connectivity index (χ1v) is 14.8. The summed E-state index contributed by atoms with van der Waals surface area (Å²) in [6.45, 7) is 19.3. The summed E-state index contributed by atoms with van der Waals surface area (Å²) in [5, 5.41) is 10.8. The predicted molar refractivity (Wildman–Crippen MR) is 155 cm³/mol. The van der Waals surface area contributed by atoms with Crippen LogP contribution < -0.4 is 4.74 Å². The van der Waals surface area contributed by atoms with E-state index in [1.165, 1.54) is 44.9 Å². The number of ether oxygens (including phenoxy) is 2. The molecule has 4 heteroatoms. The highest BCUT2D eigenvalue weighted by Crippen LogP contribution is 2.45. The number of phenolic OH excluding ortho intramolecular Hbond substituents is 1. The number of carbonyl (C=O) groups is 1. The van der Waals surface area contributed by atoms with Gasteiger partial charge >= 0.3 is 5.97 Å². The topological polar surface area (TPSA) is 55.8 Å². The van der Waals surface area contributed by atoms with Crippen molar-refractivity contribution in [1.29, 1.82) is 0 Å². The molecule has 2 rings (SSSR count). The van der Waals surface area contributed by atoms with Gasteiger partial charge < -0.3 is 14.6 Å². The molecule has 0 aromatic heterocycles. The Balaban J connectivity index is 1.88. The summed E-state index contributed by atoms with van der Waals surface area (Å²) in [5.74, 6) is 3.12. The van der Waals surface area contributed by atoms with Crippen LogP contribution in [-0.4, -0.2) is 23.3 Å². The van der Waals surface area contributed by atoms with Crippen LogP contribution in [0.25, 0.3) is 0 Å². The fourth-order valence-electron chi connectivity index (χ4n) is 5.69. The standard InChI is InChI=1S/C33H54O4/c1-9-21-36-30(34)22-29-28-18-20-33(8,37-32(28)27(7)26(6)31(29)35)19-12-17-25(5)16-11-15-24(4)14-10-13-23(2)3/h9,23-25,35H,1,10-22H2,2-8H3/t24-,25-,33-/m1/s1. The van der Waals surface area contributed by atoms with Crippen molar-refractivity contribution in [2.24, 2.45) is 17.8 Å². The van der Waals surface area contributed by atoms with Crippen LogP contribution in [0, 0.1) is 31.6 Å². The minimum absolute atomic E-state index is 0.0526. The maximum atomic E-state index is 12.3. The molecule has 1 heterocycles. The smallest absolute Gasteiger partial charge is 0.310 e. The molecule has 0 spiro atoms. The lowest BCUT2D eigenvalue weighted by atomic mass is 9.83. The van der Waals surface area contributed by atoms with Crippen LogP contribution in [0.4, 0.5) is 0 Å². The number of carbonyl (C=O) groups excluding carboxylic acids is 1. The molecule has 1 aromatic carbocycles. The lowest BCUT2D eigenvalue weighted by molar-refractivity contribution is -0.141. The molecule has 1 aromatic rings. The Morgan fingerprint density at radius 2 is 1.62 bits per heavy atom. The van der Waals surface area contributed by atoms with E-state index in [-0.39, 0.29) is 30.3 Å². The zero-order chi connectivity index (χ0) is 27.6. The summed E-state index contributed by atoms with van der Waals surface area (Å²) in [6.07, 6.45) is 14.8. The molecule has 0 saturated carbocycles. The van der Waals surface area contributed by atoms with Crippen LogP contribution in [0.3, 0.4) is 0 Å². The largest absolute Gasteiger partial charge is 0.507 e. The highest BCUT2D eigenvalue weighted by atomic mass is 16.5. The molecule has 0 bridgehead atoms. The fraction of sp³-hybridized carbons (Fsp3) is 0.727. The zero-order valence-corrected chi connectivity index (χ0v) is 24.9. The second-order valence-corrected chi connectivity index (χ2v) is 12.4. The molecule has 0 unspecified atom stereocenters. The minimum Gasteiger partial charge on any atom is -0.507 e. The summed E-state index contributed by atoms with van der Waals surface area (Å²) in [6, 6.07) is 0. The first-order valence-electron chi connectivity index (χ1n) is 14.8. The van der Waals surface area contributed by atoms with E-state index >= 15 is 0 Å². The fourth-order valence-corrected chi connectivity index (χ4v) is 5.69. The van der Waals surface area contributed by atoms with E-state index < -0.39 is 0 Å². The molecule has 1 aliphatic heterocycles. The molecule has 1 N–H and O–H groups in total. The Bertz CT molecular complexity index is 887. The van der Waals surface area contributed by atoms with Gasteiger partial charge in [-0.2, -0.15) is 0 Å². The average Bonchev–Trinajstić information content (AvgIpc) is 2.84. The third-order valence-electron chi connectivity index (χ3n) is 8.39. The molecular formula is C33H54O4.